The minimum Gasteiger partial charge on any atom is -0.341 e. The van der Waals surface area contributed by atoms with E-state index in [-0.39, 0.29) is 11.6 Å². The molecule has 2 aromatic rings. The fourth-order valence-corrected chi connectivity index (χ4v) is 1.41. The van der Waals surface area contributed by atoms with Crippen molar-refractivity contribution in [3.63, 3.8) is 0 Å². The number of nitrogens with one attached hydrogen (secondary N) is 1. The third-order valence-corrected chi connectivity index (χ3v) is 2.25. The van der Waals surface area contributed by atoms with Gasteiger partial charge in [0.05, 0.1) is 17.9 Å². The van der Waals surface area contributed by atoms with Crippen molar-refractivity contribution in [1.82, 2.24) is 9.97 Å². The number of benzene rings is 1. The maximum atomic E-state index is 13.4. The van der Waals surface area contributed by atoms with Crippen molar-refractivity contribution in [2.24, 2.45) is 5.73 Å². The van der Waals surface area contributed by atoms with Gasteiger partial charge in [0, 0.05) is 11.6 Å². The molecule has 3 nitrogen and oxygen atoms in total. The van der Waals surface area contributed by atoms with Gasteiger partial charge in [0.15, 0.2) is 0 Å². The van der Waals surface area contributed by atoms with E-state index < -0.39 is 11.6 Å². The molecular weight excluding hydrogens is 212 g/mol. The average Bonchev–Trinajstić information content (AvgIpc) is 2.66. The molecular formula is C11H11F2N3. The zero-order valence-corrected chi connectivity index (χ0v) is 8.67. The summed E-state index contributed by atoms with van der Waals surface area (Å²) in [5.74, 6) is -0.660. The lowest BCUT2D eigenvalue weighted by atomic mass is 10.1. The van der Waals surface area contributed by atoms with E-state index in [0.29, 0.717) is 11.5 Å². The molecule has 0 bridgehead atoms. The smallest absolute Gasteiger partial charge is 0.135 e. The Hall–Kier alpha value is -1.75. The lowest BCUT2D eigenvalue weighted by Gasteiger charge is -2.01. The zero-order valence-electron chi connectivity index (χ0n) is 8.67. The Morgan fingerprint density at radius 1 is 1.38 bits per heavy atom. The van der Waals surface area contributed by atoms with Crippen LogP contribution in [0.1, 0.15) is 18.8 Å². The molecule has 0 amide bonds. The molecule has 0 saturated heterocycles. The van der Waals surface area contributed by atoms with Crippen LogP contribution >= 0.6 is 0 Å². The first-order chi connectivity index (χ1) is 7.58. The summed E-state index contributed by atoms with van der Waals surface area (Å²) in [6.07, 6.45) is 1.48. The number of halogens is 2. The van der Waals surface area contributed by atoms with Gasteiger partial charge in [0.1, 0.15) is 17.5 Å². The summed E-state index contributed by atoms with van der Waals surface area (Å²) in [5, 5.41) is 0. The second-order valence-corrected chi connectivity index (χ2v) is 3.59. The van der Waals surface area contributed by atoms with Crippen LogP contribution in [0.5, 0.6) is 0 Å². The summed E-state index contributed by atoms with van der Waals surface area (Å²) < 4.78 is 26.1. The van der Waals surface area contributed by atoms with E-state index in [4.69, 9.17) is 5.73 Å². The Morgan fingerprint density at radius 3 is 2.69 bits per heavy atom. The van der Waals surface area contributed by atoms with E-state index in [1.807, 2.05) is 0 Å². The standard InChI is InChI=1S/C11H11F2N3/c1-6(14)11-15-5-10(16-11)8-3-2-7(12)4-9(8)13/h2-6H,14H2,1H3,(H,15,16)/t6-/m0/s1. The van der Waals surface area contributed by atoms with Crippen molar-refractivity contribution in [2.75, 3.05) is 0 Å². The van der Waals surface area contributed by atoms with Crippen molar-refractivity contribution < 1.29 is 8.78 Å². The zero-order chi connectivity index (χ0) is 11.7. The number of H-pyrrole nitrogens is 1. The summed E-state index contributed by atoms with van der Waals surface area (Å²) in [7, 11) is 0. The van der Waals surface area contributed by atoms with Crippen LogP contribution in [-0.2, 0) is 0 Å². The molecule has 1 heterocycles. The first-order valence-corrected chi connectivity index (χ1v) is 4.84. The summed E-state index contributed by atoms with van der Waals surface area (Å²) in [6.45, 7) is 1.77. The van der Waals surface area contributed by atoms with Crippen LogP contribution in [0.15, 0.2) is 24.4 Å². The van der Waals surface area contributed by atoms with Gasteiger partial charge in [-0.1, -0.05) is 0 Å². The van der Waals surface area contributed by atoms with Crippen LogP contribution in [0, 0.1) is 11.6 Å². The van der Waals surface area contributed by atoms with Crippen molar-refractivity contribution in [2.45, 2.75) is 13.0 Å². The molecule has 0 spiro atoms. The molecule has 0 radical (unpaired) electrons. The van der Waals surface area contributed by atoms with Crippen LogP contribution in [0.2, 0.25) is 0 Å². The highest BCUT2D eigenvalue weighted by Gasteiger charge is 2.10. The van der Waals surface area contributed by atoms with Gasteiger partial charge in [-0.25, -0.2) is 13.8 Å². The van der Waals surface area contributed by atoms with Gasteiger partial charge in [-0.05, 0) is 19.1 Å². The minimum atomic E-state index is -0.625. The van der Waals surface area contributed by atoms with Gasteiger partial charge in [-0.2, -0.15) is 0 Å². The SMILES string of the molecule is C[C@H](N)c1ncc(-c2ccc(F)cc2F)[nH]1. The van der Waals surface area contributed by atoms with Gasteiger partial charge in [-0.15, -0.1) is 0 Å². The largest absolute Gasteiger partial charge is 0.341 e. The summed E-state index contributed by atoms with van der Waals surface area (Å²) in [6, 6.07) is 3.15. The quantitative estimate of drug-likeness (QED) is 0.821. The molecule has 0 aliphatic heterocycles. The van der Waals surface area contributed by atoms with Crippen molar-refractivity contribution >= 4 is 0 Å². The second-order valence-electron chi connectivity index (χ2n) is 3.59. The van der Waals surface area contributed by atoms with Crippen LogP contribution in [0.3, 0.4) is 0 Å². The number of hydrogen-bond acceptors (Lipinski definition) is 2. The van der Waals surface area contributed by atoms with Crippen molar-refractivity contribution in [1.29, 1.82) is 0 Å². The van der Waals surface area contributed by atoms with Gasteiger partial charge in [0.25, 0.3) is 0 Å². The van der Waals surface area contributed by atoms with Gasteiger partial charge < -0.3 is 10.7 Å². The first kappa shape index (κ1) is 10.8. The third-order valence-electron chi connectivity index (χ3n) is 2.25. The van der Waals surface area contributed by atoms with Crippen molar-refractivity contribution in [3.8, 4) is 11.3 Å². The number of nitrogens with zero attached hydrogens (tertiary/aromatic N) is 1. The van der Waals surface area contributed by atoms with E-state index in [1.165, 1.54) is 18.3 Å². The van der Waals surface area contributed by atoms with Gasteiger partial charge in [0.2, 0.25) is 0 Å². The Bertz CT molecular complexity index is 506. The summed E-state index contributed by atoms with van der Waals surface area (Å²) >= 11 is 0. The number of hydrogen-bond donors (Lipinski definition) is 2. The number of nitrogens with two attached hydrogens (primary N) is 1. The fraction of sp³-hybridized carbons (Fsp3) is 0.182. The lowest BCUT2D eigenvalue weighted by molar-refractivity contribution is 0.585. The minimum absolute atomic E-state index is 0.253. The van der Waals surface area contributed by atoms with Gasteiger partial charge >= 0.3 is 0 Å². The first-order valence-electron chi connectivity index (χ1n) is 4.84. The molecule has 1 atom stereocenters. The molecule has 0 saturated carbocycles. The normalized spacial score (nSPS) is 12.8. The summed E-state index contributed by atoms with van der Waals surface area (Å²) in [4.78, 5) is 6.91. The third kappa shape index (κ3) is 1.94. The van der Waals surface area contributed by atoms with E-state index in [1.54, 1.807) is 6.92 Å². The Kier molecular flexibility index (Phi) is 2.70. The monoisotopic (exact) mass is 223 g/mol. The molecule has 5 heteroatoms. The molecule has 0 aliphatic carbocycles. The lowest BCUT2D eigenvalue weighted by Crippen LogP contribution is -2.06. The molecule has 84 valence electrons. The van der Waals surface area contributed by atoms with Crippen LogP contribution < -0.4 is 5.73 Å². The van der Waals surface area contributed by atoms with Crippen LogP contribution in [0.25, 0.3) is 11.3 Å². The topological polar surface area (TPSA) is 54.7 Å². The Balaban J connectivity index is 2.42. The van der Waals surface area contributed by atoms with E-state index in [0.717, 1.165) is 6.07 Å². The highest BCUT2D eigenvalue weighted by Crippen LogP contribution is 2.22. The molecule has 0 unspecified atom stereocenters. The van der Waals surface area contributed by atoms with Crippen LogP contribution in [-0.4, -0.2) is 9.97 Å². The molecule has 16 heavy (non-hydrogen) atoms. The predicted molar refractivity (Wildman–Crippen MR) is 56.5 cm³/mol. The predicted octanol–water partition coefficient (Wildman–Crippen LogP) is 2.37. The number of aromatic amines is 1. The number of imidazole rings is 1. The van der Waals surface area contributed by atoms with Crippen LogP contribution in [0.4, 0.5) is 8.78 Å². The number of aromatic nitrogens is 2. The number of rotatable bonds is 2. The molecule has 1 aromatic carbocycles. The maximum absolute atomic E-state index is 13.4. The second kappa shape index (κ2) is 4.02. The van der Waals surface area contributed by atoms with Gasteiger partial charge in [-0.3, -0.25) is 0 Å². The van der Waals surface area contributed by atoms with Crippen molar-refractivity contribution in [3.05, 3.63) is 41.9 Å². The molecule has 1 aromatic heterocycles. The van der Waals surface area contributed by atoms with E-state index >= 15 is 0 Å². The highest BCUT2D eigenvalue weighted by atomic mass is 19.1. The van der Waals surface area contributed by atoms with E-state index in [9.17, 15) is 8.78 Å². The summed E-state index contributed by atoms with van der Waals surface area (Å²) in [5.41, 5.74) is 6.39. The molecule has 2 rings (SSSR count). The molecule has 0 fully saturated rings. The fourth-order valence-electron chi connectivity index (χ4n) is 1.41. The Morgan fingerprint density at radius 2 is 2.12 bits per heavy atom. The Labute approximate surface area is 91.3 Å². The maximum Gasteiger partial charge on any atom is 0.135 e. The van der Waals surface area contributed by atoms with E-state index in [2.05, 4.69) is 9.97 Å². The molecule has 3 N–H and O–H groups in total. The average molecular weight is 223 g/mol. The molecule has 0 aliphatic rings. The highest BCUT2D eigenvalue weighted by molar-refractivity contribution is 5.59.